The molecule has 6 heteroatoms. The fourth-order valence-corrected chi connectivity index (χ4v) is 3.90. The summed E-state index contributed by atoms with van der Waals surface area (Å²) in [6.07, 6.45) is 5.22. The summed E-state index contributed by atoms with van der Waals surface area (Å²) in [5, 5.41) is 3.67. The fraction of sp³-hybridized carbons (Fsp3) is 0.500. The van der Waals surface area contributed by atoms with Crippen molar-refractivity contribution in [3.8, 4) is 0 Å². The van der Waals surface area contributed by atoms with E-state index in [1.807, 2.05) is 37.3 Å². The number of hydrogen-bond donors (Lipinski definition) is 1. The summed E-state index contributed by atoms with van der Waals surface area (Å²) in [5.41, 5.74) is 2.63. The maximum absolute atomic E-state index is 12.8. The van der Waals surface area contributed by atoms with Crippen LogP contribution in [0.5, 0.6) is 0 Å². The molecule has 1 aromatic heterocycles. The molecule has 1 aromatic carbocycles. The van der Waals surface area contributed by atoms with Crippen molar-refractivity contribution in [2.75, 3.05) is 12.3 Å². The lowest BCUT2D eigenvalue weighted by molar-refractivity contribution is -0.121. The largest absolute Gasteiger partial charge is 0.356 e. The lowest BCUT2D eigenvalue weighted by Gasteiger charge is -2.12. The van der Waals surface area contributed by atoms with Crippen molar-refractivity contribution in [3.63, 3.8) is 0 Å². The molecule has 28 heavy (non-hydrogen) atoms. The number of nitrogens with zero attached hydrogens (tertiary/aromatic N) is 2. The van der Waals surface area contributed by atoms with Crippen LogP contribution in [0.1, 0.15) is 55.8 Å². The molecule has 1 heterocycles. The van der Waals surface area contributed by atoms with Crippen molar-refractivity contribution in [3.05, 3.63) is 57.5 Å². The molecule has 0 spiro atoms. The second-order valence-electron chi connectivity index (χ2n) is 6.99. The number of carbonyl (C=O) groups excluding carboxylic acids is 1. The van der Waals surface area contributed by atoms with Crippen molar-refractivity contribution in [1.29, 1.82) is 0 Å². The summed E-state index contributed by atoms with van der Waals surface area (Å²) >= 11 is 1.54. The number of aromatic nitrogens is 2. The minimum atomic E-state index is 0.00696. The predicted molar refractivity (Wildman–Crippen MR) is 116 cm³/mol. The van der Waals surface area contributed by atoms with Crippen LogP contribution >= 0.6 is 11.8 Å². The average Bonchev–Trinajstić information content (AvgIpc) is 2.70. The van der Waals surface area contributed by atoms with E-state index >= 15 is 0 Å². The number of hydrogen-bond acceptors (Lipinski definition) is 4. The topological polar surface area (TPSA) is 64.0 Å². The molecule has 0 fully saturated rings. The van der Waals surface area contributed by atoms with E-state index in [9.17, 15) is 9.59 Å². The molecule has 2 rings (SSSR count). The van der Waals surface area contributed by atoms with Gasteiger partial charge < -0.3 is 5.32 Å². The Morgan fingerprint density at radius 2 is 1.93 bits per heavy atom. The third kappa shape index (κ3) is 6.82. The van der Waals surface area contributed by atoms with Crippen LogP contribution in [0.15, 0.2) is 40.3 Å². The molecule has 0 unspecified atom stereocenters. The van der Waals surface area contributed by atoms with Crippen LogP contribution in [0.4, 0.5) is 0 Å². The summed E-state index contributed by atoms with van der Waals surface area (Å²) in [4.78, 5) is 29.2. The monoisotopic (exact) mass is 401 g/mol. The van der Waals surface area contributed by atoms with Crippen LogP contribution in [0.25, 0.3) is 0 Å². The highest BCUT2D eigenvalue weighted by atomic mass is 32.2. The normalized spacial score (nSPS) is 10.8. The highest BCUT2D eigenvalue weighted by Gasteiger charge is 2.13. The zero-order valence-electron chi connectivity index (χ0n) is 17.2. The maximum Gasteiger partial charge on any atom is 0.257 e. The maximum atomic E-state index is 12.8. The van der Waals surface area contributed by atoms with Crippen molar-refractivity contribution < 1.29 is 4.79 Å². The first-order chi connectivity index (χ1) is 13.5. The van der Waals surface area contributed by atoms with Crippen LogP contribution in [-0.2, 0) is 18.3 Å². The number of amides is 1. The first-order valence-corrected chi connectivity index (χ1v) is 11.0. The van der Waals surface area contributed by atoms with Crippen LogP contribution in [0, 0.1) is 6.92 Å². The average molecular weight is 402 g/mol. The molecule has 0 aliphatic carbocycles. The summed E-state index contributed by atoms with van der Waals surface area (Å²) in [7, 11) is 1.77. The molecular weight excluding hydrogens is 370 g/mol. The number of rotatable bonds is 11. The summed E-state index contributed by atoms with van der Waals surface area (Å²) in [6.45, 7) is 4.81. The molecule has 2 aromatic rings. The van der Waals surface area contributed by atoms with E-state index in [1.165, 1.54) is 11.8 Å². The van der Waals surface area contributed by atoms with E-state index in [-0.39, 0.29) is 11.5 Å². The molecule has 0 aliphatic heterocycles. The number of unbranched alkanes of at least 4 members (excludes halogenated alkanes) is 2. The van der Waals surface area contributed by atoms with Crippen LogP contribution in [-0.4, -0.2) is 27.8 Å². The van der Waals surface area contributed by atoms with Gasteiger partial charge in [0.05, 0.1) is 0 Å². The fourth-order valence-electron chi connectivity index (χ4n) is 2.95. The van der Waals surface area contributed by atoms with Crippen molar-refractivity contribution in [2.45, 2.75) is 57.5 Å². The van der Waals surface area contributed by atoms with Gasteiger partial charge in [0, 0.05) is 43.4 Å². The molecule has 0 saturated carbocycles. The quantitative estimate of drug-likeness (QED) is 0.353. The highest BCUT2D eigenvalue weighted by Crippen LogP contribution is 2.18. The lowest BCUT2D eigenvalue weighted by Crippen LogP contribution is -2.26. The van der Waals surface area contributed by atoms with E-state index < -0.39 is 0 Å². The van der Waals surface area contributed by atoms with Gasteiger partial charge in [-0.3, -0.25) is 14.2 Å². The van der Waals surface area contributed by atoms with E-state index in [4.69, 9.17) is 0 Å². The zero-order chi connectivity index (χ0) is 20.4. The van der Waals surface area contributed by atoms with Crippen molar-refractivity contribution in [1.82, 2.24) is 14.9 Å². The first kappa shape index (κ1) is 22.2. The lowest BCUT2D eigenvalue weighted by atomic mass is 10.1. The van der Waals surface area contributed by atoms with Gasteiger partial charge in [0.1, 0.15) is 0 Å². The number of aryl methyl sites for hydroxylation is 1. The van der Waals surface area contributed by atoms with Crippen LogP contribution < -0.4 is 10.9 Å². The van der Waals surface area contributed by atoms with E-state index in [1.54, 1.807) is 11.6 Å². The van der Waals surface area contributed by atoms with Crippen molar-refractivity contribution in [2.24, 2.45) is 7.05 Å². The molecule has 0 bridgehead atoms. The molecule has 0 radical (unpaired) electrons. The molecule has 5 nitrogen and oxygen atoms in total. The van der Waals surface area contributed by atoms with Crippen molar-refractivity contribution >= 4 is 17.7 Å². The van der Waals surface area contributed by atoms with Gasteiger partial charge in [-0.1, -0.05) is 61.9 Å². The number of thioether (sulfide) groups is 1. The van der Waals surface area contributed by atoms with E-state index in [0.717, 1.165) is 54.8 Å². The van der Waals surface area contributed by atoms with E-state index in [2.05, 4.69) is 17.2 Å². The molecule has 1 amide bonds. The minimum absolute atomic E-state index is 0.00696. The summed E-state index contributed by atoms with van der Waals surface area (Å²) in [6, 6.07) is 9.97. The Kier molecular flexibility index (Phi) is 9.28. The van der Waals surface area contributed by atoms with Gasteiger partial charge in [-0.15, -0.1) is 0 Å². The Morgan fingerprint density at radius 3 is 2.64 bits per heavy atom. The van der Waals surface area contributed by atoms with Crippen LogP contribution in [0.3, 0.4) is 0 Å². The zero-order valence-corrected chi connectivity index (χ0v) is 18.0. The molecule has 0 aliphatic rings. The number of benzene rings is 1. The van der Waals surface area contributed by atoms with Gasteiger partial charge in [0.25, 0.3) is 5.56 Å². The first-order valence-electron chi connectivity index (χ1n) is 10.0. The Hall–Kier alpha value is -2.08. The van der Waals surface area contributed by atoms with E-state index in [0.29, 0.717) is 18.0 Å². The third-order valence-electron chi connectivity index (χ3n) is 4.66. The Balaban J connectivity index is 1.87. The predicted octanol–water partition coefficient (Wildman–Crippen LogP) is 3.86. The molecule has 152 valence electrons. The molecule has 0 saturated heterocycles. The summed E-state index contributed by atoms with van der Waals surface area (Å²) in [5.74, 6) is 0.869. The summed E-state index contributed by atoms with van der Waals surface area (Å²) < 4.78 is 1.63. The highest BCUT2D eigenvalue weighted by molar-refractivity contribution is 7.99. The second kappa shape index (κ2) is 11.7. The Bertz CT molecular complexity index is 819. The standard InChI is InChI=1S/C22H31N3O2S/c1-4-5-9-14-23-20(26)13-10-15-28-22-24-17(2)19(21(27)25(22)3)16-18-11-7-6-8-12-18/h6-8,11-12H,4-5,9-10,13-16H2,1-3H3,(H,23,26). The van der Waals surface area contributed by atoms with Gasteiger partial charge in [0.15, 0.2) is 5.16 Å². The molecular formula is C22H31N3O2S. The minimum Gasteiger partial charge on any atom is -0.356 e. The van der Waals surface area contributed by atoms with Gasteiger partial charge >= 0.3 is 0 Å². The second-order valence-corrected chi connectivity index (χ2v) is 8.06. The Labute approximate surface area is 172 Å². The Morgan fingerprint density at radius 1 is 1.18 bits per heavy atom. The number of carbonyl (C=O) groups is 1. The smallest absolute Gasteiger partial charge is 0.257 e. The molecule has 0 atom stereocenters. The van der Waals surface area contributed by atoms with Gasteiger partial charge in [-0.05, 0) is 25.3 Å². The SMILES string of the molecule is CCCCCNC(=O)CCCSc1nc(C)c(Cc2ccccc2)c(=O)n1C. The third-order valence-corrected chi connectivity index (χ3v) is 5.77. The molecule has 1 N–H and O–H groups in total. The van der Waals surface area contributed by atoms with Crippen LogP contribution in [0.2, 0.25) is 0 Å². The van der Waals surface area contributed by atoms with Gasteiger partial charge in [0.2, 0.25) is 5.91 Å². The van der Waals surface area contributed by atoms with Gasteiger partial charge in [-0.2, -0.15) is 0 Å². The van der Waals surface area contributed by atoms with Gasteiger partial charge in [-0.25, -0.2) is 4.98 Å². The number of nitrogens with one attached hydrogen (secondary N) is 1.